The Balaban J connectivity index is 1.98. The molecule has 0 aromatic carbocycles. The van der Waals surface area contributed by atoms with E-state index in [2.05, 4.69) is 61.1 Å². The maximum absolute atomic E-state index is 4.59. The number of hydrogen-bond donors (Lipinski definition) is 1. The Bertz CT molecular complexity index is 395. The largest absolute Gasteiger partial charge is 0.311 e. The molecule has 100 valence electrons. The minimum absolute atomic E-state index is 0.318. The average molecular weight is 247 g/mol. The molecule has 2 heterocycles. The van der Waals surface area contributed by atoms with Gasteiger partial charge in [-0.2, -0.15) is 0 Å². The molecule has 1 aromatic rings. The van der Waals surface area contributed by atoms with Crippen LogP contribution in [0, 0.1) is 12.3 Å². The van der Waals surface area contributed by atoms with E-state index >= 15 is 0 Å². The van der Waals surface area contributed by atoms with Crippen molar-refractivity contribution >= 4 is 0 Å². The lowest BCUT2D eigenvalue weighted by Gasteiger charge is -2.40. The second-order valence-electron chi connectivity index (χ2n) is 6.38. The van der Waals surface area contributed by atoms with Gasteiger partial charge in [-0.3, -0.25) is 9.88 Å². The summed E-state index contributed by atoms with van der Waals surface area (Å²) in [7, 11) is 0. The summed E-state index contributed by atoms with van der Waals surface area (Å²) >= 11 is 0. The predicted octanol–water partition coefficient (Wildman–Crippen LogP) is 2.21. The third kappa shape index (κ3) is 3.53. The van der Waals surface area contributed by atoms with Gasteiger partial charge >= 0.3 is 0 Å². The van der Waals surface area contributed by atoms with E-state index in [1.165, 1.54) is 5.69 Å². The van der Waals surface area contributed by atoms with Crippen molar-refractivity contribution in [2.45, 2.75) is 40.3 Å². The molecule has 1 aliphatic heterocycles. The van der Waals surface area contributed by atoms with Crippen LogP contribution < -0.4 is 5.32 Å². The van der Waals surface area contributed by atoms with E-state index in [1.807, 2.05) is 0 Å². The molecule has 1 unspecified atom stereocenters. The molecule has 3 heteroatoms. The van der Waals surface area contributed by atoms with Gasteiger partial charge in [-0.15, -0.1) is 0 Å². The van der Waals surface area contributed by atoms with Gasteiger partial charge in [0.05, 0.1) is 5.69 Å². The van der Waals surface area contributed by atoms with Gasteiger partial charge in [-0.25, -0.2) is 0 Å². The first-order chi connectivity index (χ1) is 8.45. The van der Waals surface area contributed by atoms with Crippen LogP contribution in [0.5, 0.6) is 0 Å². The molecule has 3 nitrogen and oxygen atoms in total. The summed E-state index contributed by atoms with van der Waals surface area (Å²) in [4.78, 5) is 7.10. The first-order valence-electron chi connectivity index (χ1n) is 6.83. The van der Waals surface area contributed by atoms with E-state index in [-0.39, 0.29) is 0 Å². The predicted molar refractivity (Wildman–Crippen MR) is 75.5 cm³/mol. The zero-order valence-electron chi connectivity index (χ0n) is 12.0. The summed E-state index contributed by atoms with van der Waals surface area (Å²) in [5, 5.41) is 3.62. The molecule has 1 aromatic heterocycles. The lowest BCUT2D eigenvalue weighted by molar-refractivity contribution is 0.128. The van der Waals surface area contributed by atoms with E-state index in [4.69, 9.17) is 0 Å². The van der Waals surface area contributed by atoms with E-state index in [9.17, 15) is 0 Å². The first-order valence-corrected chi connectivity index (χ1v) is 6.83. The number of nitrogens with zero attached hydrogens (tertiary/aromatic N) is 2. The number of hydrogen-bond acceptors (Lipinski definition) is 3. The van der Waals surface area contributed by atoms with E-state index in [0.29, 0.717) is 11.5 Å². The third-order valence-electron chi connectivity index (χ3n) is 3.64. The molecule has 2 rings (SSSR count). The Morgan fingerprint density at radius 3 is 2.83 bits per heavy atom. The summed E-state index contributed by atoms with van der Waals surface area (Å²) < 4.78 is 0. The number of piperazine rings is 1. The van der Waals surface area contributed by atoms with Crippen molar-refractivity contribution in [1.29, 1.82) is 0 Å². The summed E-state index contributed by atoms with van der Waals surface area (Å²) in [5.74, 6) is 0. The number of pyridine rings is 1. The fourth-order valence-electron chi connectivity index (χ4n) is 2.45. The van der Waals surface area contributed by atoms with Gasteiger partial charge in [0.25, 0.3) is 0 Å². The van der Waals surface area contributed by atoms with Crippen LogP contribution in [-0.4, -0.2) is 35.6 Å². The fraction of sp³-hybridized carbons (Fsp3) is 0.667. The van der Waals surface area contributed by atoms with Gasteiger partial charge in [-0.1, -0.05) is 26.8 Å². The molecule has 1 aliphatic rings. The van der Waals surface area contributed by atoms with Crippen LogP contribution in [0.3, 0.4) is 0 Å². The SMILES string of the molecule is Cc1cccc(CN2CCNC(C(C)(C)C)C2)n1. The summed E-state index contributed by atoms with van der Waals surface area (Å²) in [6.07, 6.45) is 0. The Morgan fingerprint density at radius 1 is 1.39 bits per heavy atom. The number of aryl methyl sites for hydroxylation is 1. The van der Waals surface area contributed by atoms with Crippen LogP contribution in [0.1, 0.15) is 32.2 Å². The zero-order chi connectivity index (χ0) is 13.2. The molecule has 0 radical (unpaired) electrons. The average Bonchev–Trinajstić information content (AvgIpc) is 2.28. The summed E-state index contributed by atoms with van der Waals surface area (Å²) in [6.45, 7) is 13.2. The van der Waals surface area contributed by atoms with Crippen molar-refractivity contribution in [2.24, 2.45) is 5.41 Å². The molecular formula is C15H25N3. The summed E-state index contributed by atoms with van der Waals surface area (Å²) in [6, 6.07) is 6.85. The Morgan fingerprint density at radius 2 is 2.17 bits per heavy atom. The molecular weight excluding hydrogens is 222 g/mol. The minimum Gasteiger partial charge on any atom is -0.311 e. The molecule has 0 saturated carbocycles. The van der Waals surface area contributed by atoms with Crippen LogP contribution in [0.4, 0.5) is 0 Å². The topological polar surface area (TPSA) is 28.2 Å². The highest BCUT2D eigenvalue weighted by Crippen LogP contribution is 2.22. The maximum Gasteiger partial charge on any atom is 0.0547 e. The lowest BCUT2D eigenvalue weighted by Crippen LogP contribution is -2.55. The van der Waals surface area contributed by atoms with Crippen molar-refractivity contribution in [3.63, 3.8) is 0 Å². The molecule has 0 aliphatic carbocycles. The number of aromatic nitrogens is 1. The quantitative estimate of drug-likeness (QED) is 0.868. The van der Waals surface area contributed by atoms with Gasteiger partial charge < -0.3 is 5.32 Å². The Kier molecular flexibility index (Phi) is 4.03. The third-order valence-corrected chi connectivity index (χ3v) is 3.64. The van der Waals surface area contributed by atoms with Gasteiger partial charge in [0, 0.05) is 37.9 Å². The van der Waals surface area contributed by atoms with Crippen molar-refractivity contribution in [1.82, 2.24) is 15.2 Å². The highest BCUT2D eigenvalue weighted by Gasteiger charge is 2.29. The Labute approximate surface area is 111 Å². The second-order valence-corrected chi connectivity index (χ2v) is 6.38. The van der Waals surface area contributed by atoms with Crippen LogP contribution in [0.25, 0.3) is 0 Å². The normalized spacial score (nSPS) is 22.1. The van der Waals surface area contributed by atoms with Crippen LogP contribution >= 0.6 is 0 Å². The molecule has 0 bridgehead atoms. The van der Waals surface area contributed by atoms with E-state index in [0.717, 1.165) is 31.9 Å². The van der Waals surface area contributed by atoms with Crippen molar-refractivity contribution < 1.29 is 0 Å². The van der Waals surface area contributed by atoms with Crippen LogP contribution in [0.15, 0.2) is 18.2 Å². The van der Waals surface area contributed by atoms with Gasteiger partial charge in [-0.05, 0) is 24.5 Å². The molecule has 0 amide bonds. The van der Waals surface area contributed by atoms with Gasteiger partial charge in [0.15, 0.2) is 0 Å². The number of rotatable bonds is 2. The van der Waals surface area contributed by atoms with Crippen molar-refractivity contribution in [3.8, 4) is 0 Å². The summed E-state index contributed by atoms with van der Waals surface area (Å²) in [5.41, 5.74) is 2.61. The highest BCUT2D eigenvalue weighted by molar-refractivity contribution is 5.10. The molecule has 0 spiro atoms. The highest BCUT2D eigenvalue weighted by atomic mass is 15.2. The first kappa shape index (κ1) is 13.5. The molecule has 1 atom stereocenters. The van der Waals surface area contributed by atoms with Crippen molar-refractivity contribution in [2.75, 3.05) is 19.6 Å². The fourth-order valence-corrected chi connectivity index (χ4v) is 2.45. The van der Waals surface area contributed by atoms with Crippen LogP contribution in [-0.2, 0) is 6.54 Å². The zero-order valence-corrected chi connectivity index (χ0v) is 12.0. The maximum atomic E-state index is 4.59. The van der Waals surface area contributed by atoms with Crippen LogP contribution in [0.2, 0.25) is 0 Å². The molecule has 1 N–H and O–H groups in total. The van der Waals surface area contributed by atoms with Gasteiger partial charge in [0.1, 0.15) is 0 Å². The van der Waals surface area contributed by atoms with E-state index < -0.39 is 0 Å². The Hall–Kier alpha value is -0.930. The number of nitrogens with one attached hydrogen (secondary N) is 1. The minimum atomic E-state index is 0.318. The lowest BCUT2D eigenvalue weighted by atomic mass is 9.85. The monoisotopic (exact) mass is 247 g/mol. The second kappa shape index (κ2) is 5.37. The standard InChI is InChI=1S/C15H25N3/c1-12-6-5-7-13(17-12)10-18-9-8-16-14(11-18)15(2,3)4/h5-7,14,16H,8-11H2,1-4H3. The van der Waals surface area contributed by atoms with Crippen molar-refractivity contribution in [3.05, 3.63) is 29.6 Å². The smallest absolute Gasteiger partial charge is 0.0547 e. The molecule has 18 heavy (non-hydrogen) atoms. The van der Waals surface area contributed by atoms with E-state index in [1.54, 1.807) is 0 Å². The molecule has 1 fully saturated rings. The van der Waals surface area contributed by atoms with Gasteiger partial charge in [0.2, 0.25) is 0 Å². The molecule has 1 saturated heterocycles.